The molecule has 1 aliphatic rings. The van der Waals surface area contributed by atoms with Gasteiger partial charge in [0.05, 0.1) is 32.1 Å². The Morgan fingerprint density at radius 3 is 3.19 bits per heavy atom. The first-order chi connectivity index (χ1) is 7.81. The molecule has 4 nitrogen and oxygen atoms in total. The minimum absolute atomic E-state index is 0.0765. The Hall–Kier alpha value is -0.780. The Labute approximate surface area is 99.5 Å². The standard InChI is InChI=1S/C11H16N2O2S/c1-14-9-4-8(5-13-6-9)11(12)10-7-16-3-2-15-10/h4-6,10-11H,2-3,7,12H2,1H3. The second kappa shape index (κ2) is 5.52. The summed E-state index contributed by atoms with van der Waals surface area (Å²) in [6, 6.07) is 1.79. The quantitative estimate of drug-likeness (QED) is 0.861. The van der Waals surface area contributed by atoms with Gasteiger partial charge in [0.1, 0.15) is 5.75 Å². The van der Waals surface area contributed by atoms with Crippen LogP contribution in [0, 0.1) is 0 Å². The van der Waals surface area contributed by atoms with Gasteiger partial charge in [0.2, 0.25) is 0 Å². The molecule has 0 saturated carbocycles. The Bertz CT molecular complexity index is 343. The van der Waals surface area contributed by atoms with Crippen LogP contribution < -0.4 is 10.5 Å². The van der Waals surface area contributed by atoms with Crippen molar-refractivity contribution >= 4 is 11.8 Å². The summed E-state index contributed by atoms with van der Waals surface area (Å²) in [7, 11) is 1.62. The van der Waals surface area contributed by atoms with Crippen molar-refractivity contribution in [2.24, 2.45) is 5.73 Å². The van der Waals surface area contributed by atoms with Gasteiger partial charge in [-0.15, -0.1) is 0 Å². The summed E-state index contributed by atoms with van der Waals surface area (Å²) in [6.07, 6.45) is 3.52. The summed E-state index contributed by atoms with van der Waals surface area (Å²) in [5.41, 5.74) is 7.12. The fraction of sp³-hybridized carbons (Fsp3) is 0.545. The van der Waals surface area contributed by atoms with Crippen molar-refractivity contribution in [2.75, 3.05) is 25.2 Å². The van der Waals surface area contributed by atoms with Gasteiger partial charge >= 0.3 is 0 Å². The Kier molecular flexibility index (Phi) is 4.04. The first-order valence-corrected chi connectivity index (χ1v) is 6.40. The summed E-state index contributed by atoms with van der Waals surface area (Å²) in [5.74, 6) is 2.73. The number of ether oxygens (including phenoxy) is 2. The predicted molar refractivity (Wildman–Crippen MR) is 64.8 cm³/mol. The van der Waals surface area contributed by atoms with Crippen LogP contribution in [0.2, 0.25) is 0 Å². The normalized spacial score (nSPS) is 22.8. The largest absolute Gasteiger partial charge is 0.495 e. The first-order valence-electron chi connectivity index (χ1n) is 5.25. The predicted octanol–water partition coefficient (Wildman–Crippen LogP) is 1.22. The molecule has 2 heterocycles. The molecule has 0 aromatic carbocycles. The van der Waals surface area contributed by atoms with Gasteiger partial charge in [0.15, 0.2) is 0 Å². The molecule has 0 spiro atoms. The lowest BCUT2D eigenvalue weighted by Crippen LogP contribution is -2.34. The van der Waals surface area contributed by atoms with Gasteiger partial charge in [-0.05, 0) is 11.6 Å². The summed E-state index contributed by atoms with van der Waals surface area (Å²) >= 11 is 1.88. The second-order valence-corrected chi connectivity index (χ2v) is 4.82. The highest BCUT2D eigenvalue weighted by molar-refractivity contribution is 7.99. The van der Waals surface area contributed by atoms with Crippen molar-refractivity contribution in [3.05, 3.63) is 24.0 Å². The van der Waals surface area contributed by atoms with Crippen molar-refractivity contribution in [1.82, 2.24) is 4.98 Å². The SMILES string of the molecule is COc1cncc(C(N)C2CSCCO2)c1. The molecule has 2 atom stereocenters. The van der Waals surface area contributed by atoms with E-state index in [9.17, 15) is 0 Å². The highest BCUT2D eigenvalue weighted by atomic mass is 32.2. The lowest BCUT2D eigenvalue weighted by Gasteiger charge is -2.27. The molecule has 1 aliphatic heterocycles. The van der Waals surface area contributed by atoms with E-state index in [1.165, 1.54) is 0 Å². The van der Waals surface area contributed by atoms with Crippen molar-refractivity contribution < 1.29 is 9.47 Å². The fourth-order valence-corrected chi connectivity index (χ4v) is 2.57. The highest BCUT2D eigenvalue weighted by Gasteiger charge is 2.23. The van der Waals surface area contributed by atoms with Crippen molar-refractivity contribution in [1.29, 1.82) is 0 Å². The summed E-state index contributed by atoms with van der Waals surface area (Å²) in [4.78, 5) is 4.10. The number of nitrogens with two attached hydrogens (primary N) is 1. The molecule has 88 valence electrons. The third-order valence-corrected chi connectivity index (χ3v) is 3.62. The number of rotatable bonds is 3. The maximum absolute atomic E-state index is 6.16. The minimum Gasteiger partial charge on any atom is -0.495 e. The average molecular weight is 240 g/mol. The molecule has 2 unspecified atom stereocenters. The van der Waals surface area contributed by atoms with Crippen molar-refractivity contribution in [2.45, 2.75) is 12.1 Å². The molecular weight excluding hydrogens is 224 g/mol. The minimum atomic E-state index is -0.129. The van der Waals surface area contributed by atoms with E-state index in [1.54, 1.807) is 19.5 Å². The molecule has 2 rings (SSSR count). The molecule has 1 aromatic rings. The smallest absolute Gasteiger partial charge is 0.137 e. The van der Waals surface area contributed by atoms with Crippen LogP contribution in [0.1, 0.15) is 11.6 Å². The van der Waals surface area contributed by atoms with E-state index in [0.29, 0.717) is 0 Å². The van der Waals surface area contributed by atoms with E-state index in [4.69, 9.17) is 15.2 Å². The Morgan fingerprint density at radius 2 is 2.50 bits per heavy atom. The van der Waals surface area contributed by atoms with E-state index >= 15 is 0 Å². The lowest BCUT2D eigenvalue weighted by molar-refractivity contribution is 0.0568. The molecule has 1 saturated heterocycles. The summed E-state index contributed by atoms with van der Waals surface area (Å²) in [6.45, 7) is 0.778. The lowest BCUT2D eigenvalue weighted by atomic mass is 10.1. The zero-order chi connectivity index (χ0) is 11.4. The highest BCUT2D eigenvalue weighted by Crippen LogP contribution is 2.25. The van der Waals surface area contributed by atoms with E-state index in [-0.39, 0.29) is 12.1 Å². The molecule has 1 aromatic heterocycles. The summed E-state index contributed by atoms with van der Waals surface area (Å²) < 4.78 is 10.8. The molecule has 5 heteroatoms. The molecule has 16 heavy (non-hydrogen) atoms. The fourth-order valence-electron chi connectivity index (χ4n) is 1.66. The van der Waals surface area contributed by atoms with Gasteiger partial charge in [0.25, 0.3) is 0 Å². The number of methoxy groups -OCH3 is 1. The summed E-state index contributed by atoms with van der Waals surface area (Å²) in [5, 5.41) is 0. The topological polar surface area (TPSA) is 57.4 Å². The van der Waals surface area contributed by atoms with Gasteiger partial charge in [0, 0.05) is 17.7 Å². The number of aromatic nitrogens is 1. The van der Waals surface area contributed by atoms with Gasteiger partial charge < -0.3 is 15.2 Å². The zero-order valence-corrected chi connectivity index (χ0v) is 10.1. The molecule has 0 radical (unpaired) electrons. The molecular formula is C11H16N2O2S. The molecule has 0 amide bonds. The number of hydrogen-bond acceptors (Lipinski definition) is 5. The van der Waals surface area contributed by atoms with Crippen LogP contribution in [0.15, 0.2) is 18.5 Å². The third-order valence-electron chi connectivity index (χ3n) is 2.60. The van der Waals surface area contributed by atoms with Crippen LogP contribution in [0.5, 0.6) is 5.75 Å². The van der Waals surface area contributed by atoms with E-state index in [1.807, 2.05) is 17.8 Å². The van der Waals surface area contributed by atoms with Crippen LogP contribution in [0.4, 0.5) is 0 Å². The first kappa shape index (κ1) is 11.7. The van der Waals surface area contributed by atoms with Crippen LogP contribution in [-0.4, -0.2) is 36.3 Å². The third kappa shape index (κ3) is 2.66. The van der Waals surface area contributed by atoms with E-state index < -0.39 is 0 Å². The van der Waals surface area contributed by atoms with Gasteiger partial charge in [-0.3, -0.25) is 4.98 Å². The number of hydrogen-bond donors (Lipinski definition) is 1. The van der Waals surface area contributed by atoms with E-state index in [2.05, 4.69) is 4.98 Å². The number of pyridine rings is 1. The van der Waals surface area contributed by atoms with Gasteiger partial charge in [-0.2, -0.15) is 11.8 Å². The van der Waals surface area contributed by atoms with Crippen molar-refractivity contribution in [3.63, 3.8) is 0 Å². The monoisotopic (exact) mass is 240 g/mol. The molecule has 0 aliphatic carbocycles. The molecule has 1 fully saturated rings. The zero-order valence-electron chi connectivity index (χ0n) is 9.26. The van der Waals surface area contributed by atoms with Crippen LogP contribution >= 0.6 is 11.8 Å². The maximum Gasteiger partial charge on any atom is 0.137 e. The van der Waals surface area contributed by atoms with Gasteiger partial charge in [-0.25, -0.2) is 0 Å². The maximum atomic E-state index is 6.16. The molecule has 2 N–H and O–H groups in total. The second-order valence-electron chi connectivity index (χ2n) is 3.67. The molecule has 0 bridgehead atoms. The Balaban J connectivity index is 2.09. The van der Waals surface area contributed by atoms with E-state index in [0.717, 1.165) is 29.4 Å². The van der Waals surface area contributed by atoms with Crippen molar-refractivity contribution in [3.8, 4) is 5.75 Å². The Morgan fingerprint density at radius 1 is 1.62 bits per heavy atom. The van der Waals surface area contributed by atoms with Crippen LogP contribution in [0.3, 0.4) is 0 Å². The van der Waals surface area contributed by atoms with Crippen LogP contribution in [-0.2, 0) is 4.74 Å². The number of nitrogens with zero attached hydrogens (tertiary/aromatic N) is 1. The average Bonchev–Trinajstić information content (AvgIpc) is 2.39. The number of thioether (sulfide) groups is 1. The van der Waals surface area contributed by atoms with Crippen LogP contribution in [0.25, 0.3) is 0 Å². The van der Waals surface area contributed by atoms with Gasteiger partial charge in [-0.1, -0.05) is 0 Å².